The number of alkyl carbamates (subject to hydrolysis) is 1. The Morgan fingerprint density at radius 3 is 1.89 bits per heavy atom. The number of benzene rings is 2. The van der Waals surface area contributed by atoms with Gasteiger partial charge in [-0.25, -0.2) is 23.2 Å². The third-order valence-corrected chi connectivity index (χ3v) is 7.86. The zero-order chi connectivity index (χ0) is 32.8. The molecule has 0 atom stereocenters. The number of nitrogens with one attached hydrogen (secondary N) is 4. The molecule has 2 heterocycles. The summed E-state index contributed by atoms with van der Waals surface area (Å²) in [6.45, 7) is 8.71. The molecular formula is C32H43N7O5S. The summed E-state index contributed by atoms with van der Waals surface area (Å²) < 4.78 is 31.0. The first-order valence-corrected chi connectivity index (χ1v) is 16.7. The summed E-state index contributed by atoms with van der Waals surface area (Å²) in [4.78, 5) is 40.4. The predicted molar refractivity (Wildman–Crippen MR) is 177 cm³/mol. The minimum Gasteiger partial charge on any atom is -0.453 e. The highest BCUT2D eigenvalue weighted by atomic mass is 32.2. The SMILES string of the molecule is CCC.CCCN(Cc1ncc(-c2ccc(-c3ccc(-c4cnc(NS(=O)(=O)CCC)[nH]4)cc3)cc2)[nH]1)C(=O)CNC(=O)OC. The summed E-state index contributed by atoms with van der Waals surface area (Å²) in [6, 6.07) is 15.9. The molecule has 12 nitrogen and oxygen atoms in total. The van der Waals surface area contributed by atoms with E-state index >= 15 is 0 Å². The summed E-state index contributed by atoms with van der Waals surface area (Å²) in [5.41, 5.74) is 5.41. The van der Waals surface area contributed by atoms with Gasteiger partial charge < -0.3 is 24.9 Å². The van der Waals surface area contributed by atoms with Crippen LogP contribution < -0.4 is 10.0 Å². The number of imidazole rings is 2. The number of H-pyrrole nitrogens is 2. The van der Waals surface area contributed by atoms with Gasteiger partial charge in [-0.15, -0.1) is 0 Å². The van der Waals surface area contributed by atoms with Crippen LogP contribution in [0.1, 0.15) is 52.8 Å². The molecule has 13 heteroatoms. The molecule has 0 aliphatic carbocycles. The Morgan fingerprint density at radius 2 is 1.36 bits per heavy atom. The van der Waals surface area contributed by atoms with Crippen molar-refractivity contribution in [3.05, 3.63) is 66.7 Å². The summed E-state index contributed by atoms with van der Waals surface area (Å²) in [6.07, 6.45) is 5.22. The van der Waals surface area contributed by atoms with Gasteiger partial charge in [-0.2, -0.15) is 0 Å². The molecule has 2 aromatic carbocycles. The molecule has 0 fully saturated rings. The van der Waals surface area contributed by atoms with E-state index in [1.165, 1.54) is 13.5 Å². The summed E-state index contributed by atoms with van der Waals surface area (Å²) in [5, 5.41) is 2.42. The highest BCUT2D eigenvalue weighted by molar-refractivity contribution is 7.92. The molecule has 2 amide bonds. The van der Waals surface area contributed by atoms with Gasteiger partial charge in [-0.3, -0.25) is 9.52 Å². The topological polar surface area (TPSA) is 162 Å². The molecule has 4 N–H and O–H groups in total. The second kappa shape index (κ2) is 17.0. The lowest BCUT2D eigenvalue weighted by Gasteiger charge is -2.21. The lowest BCUT2D eigenvalue weighted by Crippen LogP contribution is -2.40. The molecule has 0 unspecified atom stereocenters. The van der Waals surface area contributed by atoms with Gasteiger partial charge in [0.25, 0.3) is 0 Å². The zero-order valence-corrected chi connectivity index (χ0v) is 27.3. The average molecular weight is 638 g/mol. The third-order valence-electron chi connectivity index (χ3n) is 6.41. The van der Waals surface area contributed by atoms with E-state index in [0.717, 1.165) is 34.4 Å². The van der Waals surface area contributed by atoms with E-state index in [2.05, 4.69) is 48.6 Å². The molecule has 4 rings (SSSR count). The standard InChI is InChI=1S/C29H35N7O5S.C3H8/c1-4-14-36(27(37)18-32-29(38)41-3)19-26-30-16-24(33-26)22-10-6-20(7-11-22)21-8-12-23(13-9-21)25-17-31-28(34-25)35-42(39,40)15-5-2;1-3-2/h6-13,16-17H,4-5,14-15,18-19H2,1-3H3,(H,30,33)(H,32,38)(H2,31,34,35);3H2,1-2H3. The first-order valence-electron chi connectivity index (χ1n) is 15.0. The van der Waals surface area contributed by atoms with Crippen molar-refractivity contribution in [2.75, 3.05) is 30.7 Å². The fourth-order valence-electron chi connectivity index (χ4n) is 4.34. The minimum absolute atomic E-state index is 0.0360. The normalized spacial score (nSPS) is 10.9. The van der Waals surface area contributed by atoms with Gasteiger partial charge in [0.05, 0.1) is 43.2 Å². The summed E-state index contributed by atoms with van der Waals surface area (Å²) in [7, 11) is -2.17. The van der Waals surface area contributed by atoms with Gasteiger partial charge in [0.15, 0.2) is 0 Å². The Balaban J connectivity index is 0.00000177. The van der Waals surface area contributed by atoms with Crippen LogP contribution >= 0.6 is 0 Å². The van der Waals surface area contributed by atoms with Crippen LogP contribution in [0.3, 0.4) is 0 Å². The fourth-order valence-corrected chi connectivity index (χ4v) is 5.37. The Morgan fingerprint density at radius 1 is 0.822 bits per heavy atom. The average Bonchev–Trinajstić information content (AvgIpc) is 3.69. The second-order valence-electron chi connectivity index (χ2n) is 10.3. The van der Waals surface area contributed by atoms with Crippen LogP contribution in [0.15, 0.2) is 60.9 Å². The molecule has 0 aliphatic rings. The number of carbonyl (C=O) groups is 2. The Bertz CT molecular complexity index is 1610. The molecule has 0 spiro atoms. The number of aromatic amines is 2. The highest BCUT2D eigenvalue weighted by Gasteiger charge is 2.17. The van der Waals surface area contributed by atoms with Crippen molar-refractivity contribution in [2.24, 2.45) is 0 Å². The maximum Gasteiger partial charge on any atom is 0.407 e. The fraction of sp³-hybridized carbons (Fsp3) is 0.375. The number of carbonyl (C=O) groups excluding carboxylic acids is 2. The Hall–Kier alpha value is -4.65. The van der Waals surface area contributed by atoms with E-state index in [9.17, 15) is 18.0 Å². The smallest absolute Gasteiger partial charge is 0.407 e. The molecule has 0 saturated heterocycles. The van der Waals surface area contributed by atoms with Gasteiger partial charge in [0.2, 0.25) is 21.9 Å². The monoisotopic (exact) mass is 637 g/mol. The predicted octanol–water partition coefficient (Wildman–Crippen LogP) is 5.80. The molecule has 0 radical (unpaired) electrons. The van der Waals surface area contributed by atoms with E-state index in [1.807, 2.05) is 55.5 Å². The van der Waals surface area contributed by atoms with E-state index in [4.69, 9.17) is 0 Å². The Kier molecular flexibility index (Phi) is 13.2. The number of nitrogens with zero attached hydrogens (tertiary/aromatic N) is 3. The second-order valence-corrected chi connectivity index (χ2v) is 12.2. The van der Waals surface area contributed by atoms with Gasteiger partial charge >= 0.3 is 6.09 Å². The number of hydrogen-bond acceptors (Lipinski definition) is 7. The van der Waals surface area contributed by atoms with Crippen LogP contribution in [-0.4, -0.2) is 71.2 Å². The number of rotatable bonds is 13. The quantitative estimate of drug-likeness (QED) is 0.144. The van der Waals surface area contributed by atoms with Crippen LogP contribution in [0, 0.1) is 0 Å². The number of sulfonamides is 1. The van der Waals surface area contributed by atoms with Crippen molar-refractivity contribution >= 4 is 28.0 Å². The molecule has 0 aliphatic heterocycles. The van der Waals surface area contributed by atoms with Crippen LogP contribution in [0.25, 0.3) is 33.6 Å². The maximum atomic E-state index is 12.6. The Labute approximate surface area is 265 Å². The van der Waals surface area contributed by atoms with Crippen LogP contribution in [0.4, 0.5) is 10.7 Å². The molecule has 242 valence electrons. The van der Waals surface area contributed by atoms with E-state index in [1.54, 1.807) is 24.2 Å². The van der Waals surface area contributed by atoms with Gasteiger partial charge in [-0.1, -0.05) is 82.6 Å². The minimum atomic E-state index is -3.42. The number of amides is 2. The van der Waals surface area contributed by atoms with Crippen molar-refractivity contribution in [3.8, 4) is 33.6 Å². The van der Waals surface area contributed by atoms with E-state index in [0.29, 0.717) is 31.0 Å². The number of anilines is 1. The van der Waals surface area contributed by atoms with Crippen LogP contribution in [0.5, 0.6) is 0 Å². The molecule has 4 aromatic rings. The lowest BCUT2D eigenvalue weighted by atomic mass is 10.0. The van der Waals surface area contributed by atoms with Gasteiger partial charge in [-0.05, 0) is 35.1 Å². The third kappa shape index (κ3) is 10.5. The first kappa shape index (κ1) is 34.8. The van der Waals surface area contributed by atoms with Gasteiger partial charge in [0.1, 0.15) is 12.4 Å². The lowest BCUT2D eigenvalue weighted by molar-refractivity contribution is -0.130. The summed E-state index contributed by atoms with van der Waals surface area (Å²) in [5.74, 6) is 0.652. The molecular weight excluding hydrogens is 594 g/mol. The molecule has 0 saturated carbocycles. The first-order chi connectivity index (χ1) is 21.6. The maximum absolute atomic E-state index is 12.6. The molecule has 45 heavy (non-hydrogen) atoms. The van der Waals surface area contributed by atoms with Crippen LogP contribution in [-0.2, 0) is 26.1 Å². The highest BCUT2D eigenvalue weighted by Crippen LogP contribution is 2.27. The van der Waals surface area contributed by atoms with E-state index < -0.39 is 16.1 Å². The van der Waals surface area contributed by atoms with E-state index in [-0.39, 0.29) is 24.2 Å². The molecule has 2 aromatic heterocycles. The largest absolute Gasteiger partial charge is 0.453 e. The van der Waals surface area contributed by atoms with Gasteiger partial charge in [0, 0.05) is 6.54 Å². The molecule has 0 bridgehead atoms. The number of hydrogen-bond donors (Lipinski definition) is 4. The van der Waals surface area contributed by atoms with Crippen LogP contribution in [0.2, 0.25) is 0 Å². The number of methoxy groups -OCH3 is 1. The number of ether oxygens (including phenoxy) is 1. The van der Waals surface area contributed by atoms with Crippen molar-refractivity contribution in [1.82, 2.24) is 30.2 Å². The summed E-state index contributed by atoms with van der Waals surface area (Å²) >= 11 is 0. The zero-order valence-electron chi connectivity index (χ0n) is 26.5. The van der Waals surface area contributed by atoms with Crippen molar-refractivity contribution < 1.29 is 22.7 Å². The number of aromatic nitrogens is 4. The van der Waals surface area contributed by atoms with Crippen molar-refractivity contribution in [1.29, 1.82) is 0 Å². The van der Waals surface area contributed by atoms with Crippen molar-refractivity contribution in [3.63, 3.8) is 0 Å². The van der Waals surface area contributed by atoms with Crippen molar-refractivity contribution in [2.45, 2.75) is 53.5 Å².